The van der Waals surface area contributed by atoms with Crippen molar-refractivity contribution in [2.75, 3.05) is 0 Å². The molecule has 0 amide bonds. The Kier molecular flexibility index (Phi) is 4.58. The second-order valence-electron chi connectivity index (χ2n) is 11.1. The van der Waals surface area contributed by atoms with E-state index in [0.29, 0.717) is 10.8 Å². The average molecular weight is 331 g/mol. The highest BCUT2D eigenvalue weighted by Gasteiger charge is 2.60. The lowest BCUT2D eigenvalue weighted by molar-refractivity contribution is -0.0608. The van der Waals surface area contributed by atoms with E-state index in [-0.39, 0.29) is 0 Å². The van der Waals surface area contributed by atoms with Crippen LogP contribution in [0.1, 0.15) is 105 Å². The van der Waals surface area contributed by atoms with E-state index in [0.717, 1.165) is 35.5 Å². The summed E-state index contributed by atoms with van der Waals surface area (Å²) < 4.78 is 0. The van der Waals surface area contributed by atoms with E-state index in [1.165, 1.54) is 57.8 Å². The van der Waals surface area contributed by atoms with E-state index in [2.05, 4.69) is 27.7 Å². The Morgan fingerprint density at radius 3 is 2.04 bits per heavy atom. The minimum atomic E-state index is 0.540. The van der Waals surface area contributed by atoms with Crippen LogP contribution in [0.25, 0.3) is 0 Å². The Hall–Kier alpha value is 0. The number of rotatable bonds is 2. The van der Waals surface area contributed by atoms with Gasteiger partial charge in [-0.3, -0.25) is 0 Å². The molecule has 0 heteroatoms. The van der Waals surface area contributed by atoms with Crippen LogP contribution in [0.2, 0.25) is 0 Å². The molecule has 4 aliphatic carbocycles. The van der Waals surface area contributed by atoms with Crippen molar-refractivity contribution in [3.63, 3.8) is 0 Å². The highest BCUT2D eigenvalue weighted by Crippen LogP contribution is 2.67. The van der Waals surface area contributed by atoms with Crippen molar-refractivity contribution in [1.82, 2.24) is 0 Å². The van der Waals surface area contributed by atoms with Crippen LogP contribution in [-0.2, 0) is 0 Å². The lowest BCUT2D eigenvalue weighted by atomic mass is 9.50. The Morgan fingerprint density at radius 2 is 1.33 bits per heavy atom. The molecule has 4 saturated carbocycles. The van der Waals surface area contributed by atoms with Gasteiger partial charge in [-0.15, -0.1) is 0 Å². The van der Waals surface area contributed by atoms with Gasteiger partial charge in [0.15, 0.2) is 0 Å². The zero-order valence-electron chi connectivity index (χ0n) is 16.9. The highest BCUT2D eigenvalue weighted by molar-refractivity contribution is 5.09. The number of hydrogen-bond acceptors (Lipinski definition) is 0. The van der Waals surface area contributed by atoms with Gasteiger partial charge in [0, 0.05) is 0 Å². The molecule has 0 spiro atoms. The van der Waals surface area contributed by atoms with Gasteiger partial charge >= 0.3 is 0 Å². The third kappa shape index (κ3) is 2.52. The van der Waals surface area contributed by atoms with Crippen molar-refractivity contribution in [2.45, 2.75) is 105 Å². The van der Waals surface area contributed by atoms with Crippen LogP contribution < -0.4 is 0 Å². The molecule has 4 aliphatic rings. The fourth-order valence-electron chi connectivity index (χ4n) is 8.45. The molecule has 138 valence electrons. The lowest BCUT2D eigenvalue weighted by Gasteiger charge is -2.55. The Labute approximate surface area is 151 Å². The van der Waals surface area contributed by atoms with Crippen molar-refractivity contribution < 1.29 is 0 Å². The molecule has 0 aliphatic heterocycles. The first kappa shape index (κ1) is 17.4. The van der Waals surface area contributed by atoms with Gasteiger partial charge in [-0.05, 0) is 78.4 Å². The summed E-state index contributed by atoms with van der Waals surface area (Å²) >= 11 is 0. The van der Waals surface area contributed by atoms with Crippen molar-refractivity contribution in [2.24, 2.45) is 46.3 Å². The maximum Gasteiger partial charge on any atom is -0.0266 e. The molecule has 6 atom stereocenters. The normalized spacial score (nSPS) is 45.5. The quantitative estimate of drug-likeness (QED) is 0.492. The van der Waals surface area contributed by atoms with Crippen LogP contribution in [0.5, 0.6) is 0 Å². The summed E-state index contributed by atoms with van der Waals surface area (Å²) in [4.78, 5) is 0. The molecule has 0 aromatic heterocycles. The Balaban J connectivity index is 1.70. The Morgan fingerprint density at radius 1 is 0.708 bits per heavy atom. The SMILES string of the molecule is CC1CCCC2C3CCCCC3C(C(C)(C)C3(C)CCCCC3)C12. The van der Waals surface area contributed by atoms with E-state index in [4.69, 9.17) is 0 Å². The molecule has 0 bridgehead atoms. The summed E-state index contributed by atoms with van der Waals surface area (Å²) in [6.07, 6.45) is 18.3. The van der Waals surface area contributed by atoms with Crippen LogP contribution >= 0.6 is 0 Å². The predicted molar refractivity (Wildman–Crippen MR) is 104 cm³/mol. The maximum atomic E-state index is 2.72. The van der Waals surface area contributed by atoms with E-state index >= 15 is 0 Å². The molecular formula is C24H42. The van der Waals surface area contributed by atoms with Crippen LogP contribution in [0.4, 0.5) is 0 Å². The Bertz CT molecular complexity index is 441. The van der Waals surface area contributed by atoms with E-state index < -0.39 is 0 Å². The standard InChI is InChI=1S/C24H42/c1-17-11-10-14-19-18-12-6-7-13-20(18)22(21(17)19)23(2,3)24(4)15-8-5-9-16-24/h17-22H,5-16H2,1-4H3. The van der Waals surface area contributed by atoms with Crippen LogP contribution in [0, 0.1) is 46.3 Å². The van der Waals surface area contributed by atoms with Crippen LogP contribution in [0.15, 0.2) is 0 Å². The van der Waals surface area contributed by atoms with Crippen LogP contribution in [-0.4, -0.2) is 0 Å². The lowest BCUT2D eigenvalue weighted by Crippen LogP contribution is -2.47. The van der Waals surface area contributed by atoms with Gasteiger partial charge in [-0.1, -0.05) is 72.6 Å². The molecule has 0 saturated heterocycles. The molecule has 6 unspecified atom stereocenters. The van der Waals surface area contributed by atoms with Crippen molar-refractivity contribution in [3.05, 3.63) is 0 Å². The van der Waals surface area contributed by atoms with Gasteiger partial charge < -0.3 is 0 Å². The summed E-state index contributed by atoms with van der Waals surface area (Å²) in [6.45, 7) is 10.8. The summed E-state index contributed by atoms with van der Waals surface area (Å²) in [6, 6.07) is 0. The third-order valence-electron chi connectivity index (χ3n) is 10.00. The second-order valence-corrected chi connectivity index (χ2v) is 11.1. The van der Waals surface area contributed by atoms with Crippen LogP contribution in [0.3, 0.4) is 0 Å². The molecule has 4 rings (SSSR count). The average Bonchev–Trinajstić information content (AvgIpc) is 2.92. The molecule has 0 radical (unpaired) electrons. The number of fused-ring (bicyclic) bond motifs is 3. The smallest absolute Gasteiger partial charge is 0.0266 e. The van der Waals surface area contributed by atoms with E-state index in [9.17, 15) is 0 Å². The van der Waals surface area contributed by atoms with Gasteiger partial charge in [0.25, 0.3) is 0 Å². The van der Waals surface area contributed by atoms with Crippen molar-refractivity contribution >= 4 is 0 Å². The first-order valence-electron chi connectivity index (χ1n) is 11.5. The maximum absolute atomic E-state index is 2.72. The molecule has 4 fully saturated rings. The van der Waals surface area contributed by atoms with Gasteiger partial charge in [0.1, 0.15) is 0 Å². The predicted octanol–water partition coefficient (Wildman–Crippen LogP) is 7.47. The number of hydrogen-bond donors (Lipinski definition) is 0. The van der Waals surface area contributed by atoms with Crippen molar-refractivity contribution in [1.29, 1.82) is 0 Å². The van der Waals surface area contributed by atoms with Gasteiger partial charge in [0.2, 0.25) is 0 Å². The fourth-order valence-corrected chi connectivity index (χ4v) is 8.45. The summed E-state index contributed by atoms with van der Waals surface area (Å²) in [5.74, 6) is 6.33. The minimum absolute atomic E-state index is 0.540. The molecule has 0 N–H and O–H groups in total. The monoisotopic (exact) mass is 330 g/mol. The molecular weight excluding hydrogens is 288 g/mol. The molecule has 0 heterocycles. The summed E-state index contributed by atoms with van der Waals surface area (Å²) in [5, 5.41) is 0. The topological polar surface area (TPSA) is 0 Å². The molecule has 24 heavy (non-hydrogen) atoms. The third-order valence-corrected chi connectivity index (χ3v) is 10.00. The molecule has 0 aromatic rings. The first-order chi connectivity index (χ1) is 11.5. The molecule has 0 nitrogen and oxygen atoms in total. The van der Waals surface area contributed by atoms with E-state index in [1.807, 2.05) is 0 Å². The zero-order valence-corrected chi connectivity index (χ0v) is 16.9. The zero-order chi connectivity index (χ0) is 16.9. The van der Waals surface area contributed by atoms with Gasteiger partial charge in [0.05, 0.1) is 0 Å². The van der Waals surface area contributed by atoms with Gasteiger partial charge in [-0.25, -0.2) is 0 Å². The van der Waals surface area contributed by atoms with Gasteiger partial charge in [-0.2, -0.15) is 0 Å². The summed E-state index contributed by atoms with van der Waals surface area (Å²) in [7, 11) is 0. The summed E-state index contributed by atoms with van der Waals surface area (Å²) in [5.41, 5.74) is 1.14. The first-order valence-corrected chi connectivity index (χ1v) is 11.5. The minimum Gasteiger partial charge on any atom is -0.0622 e. The second kappa shape index (κ2) is 6.31. The van der Waals surface area contributed by atoms with Crippen molar-refractivity contribution in [3.8, 4) is 0 Å². The largest absolute Gasteiger partial charge is 0.0622 e. The molecule has 0 aromatic carbocycles. The fraction of sp³-hybridized carbons (Fsp3) is 1.00. The van der Waals surface area contributed by atoms with E-state index in [1.54, 1.807) is 19.3 Å². The highest BCUT2D eigenvalue weighted by atomic mass is 14.6.